The zero-order valence-electron chi connectivity index (χ0n) is 35.1. The molecule has 0 saturated carbocycles. The minimum atomic E-state index is 0.560. The van der Waals surface area contributed by atoms with Crippen LogP contribution in [-0.4, -0.2) is 42.7 Å². The van der Waals surface area contributed by atoms with Crippen LogP contribution in [0, 0.1) is 0 Å². The third kappa shape index (κ3) is 10.1. The Balaban J connectivity index is 0.933. The Hall–Kier alpha value is -5.90. The van der Waals surface area contributed by atoms with E-state index in [4.69, 9.17) is 28.4 Å². The van der Waals surface area contributed by atoms with Crippen molar-refractivity contribution in [2.75, 3.05) is 53.3 Å². The lowest BCUT2D eigenvalue weighted by molar-refractivity contribution is -0.672. The molecule has 0 bridgehead atoms. The highest BCUT2D eigenvalue weighted by atomic mass is 16.5. The zero-order chi connectivity index (χ0) is 40.7. The number of methoxy groups -OCH3 is 6. The molecule has 2 N–H and O–H groups in total. The number of aryl methyl sites for hydroxylation is 2. The van der Waals surface area contributed by atoms with Gasteiger partial charge in [-0.25, -0.2) is 0 Å². The van der Waals surface area contributed by atoms with E-state index in [2.05, 4.69) is 92.8 Å². The Morgan fingerprint density at radius 1 is 0.414 bits per heavy atom. The van der Waals surface area contributed by atoms with E-state index in [0.29, 0.717) is 24.6 Å². The lowest BCUT2D eigenvalue weighted by Crippen LogP contribution is -2.34. The smallest absolute Gasteiger partial charge is 0.214 e. The number of anilines is 2. The first-order valence-electron chi connectivity index (χ1n) is 20.4. The highest BCUT2D eigenvalue weighted by Crippen LogP contribution is 2.36. The van der Waals surface area contributed by atoms with Crippen molar-refractivity contribution in [2.45, 2.75) is 77.5 Å². The molecular formula is C48H60N4O6+2. The number of fused-ring (bicyclic) bond motifs is 2. The summed E-state index contributed by atoms with van der Waals surface area (Å²) in [5, 5.41) is 9.66. The number of benzene rings is 4. The normalized spacial score (nSPS) is 11.1. The standard InChI is InChI=1S/C48H58N4O6/c1-53-35-29-45(55-3)39(46(30-35)56-4)33-49-41-23-27-51(43-21-15-13-19-37(41)43)25-17-11-9-7-8-10-12-18-26-52-28-24-42(38-20-14-16-22-44(38)52)50-34-40-47(57-5)31-36(54-2)32-48(40)58-6/h13-16,19-24,27-32H,7-12,17-18,25-26,33-34H2,1-6H3/p+2. The van der Waals surface area contributed by atoms with Crippen molar-refractivity contribution in [3.63, 3.8) is 0 Å². The summed E-state index contributed by atoms with van der Waals surface area (Å²) in [5.74, 6) is 4.32. The molecule has 0 spiro atoms. The molecule has 0 aliphatic heterocycles. The zero-order valence-corrected chi connectivity index (χ0v) is 35.1. The Labute approximate surface area is 343 Å². The molecule has 0 radical (unpaired) electrons. The van der Waals surface area contributed by atoms with Gasteiger partial charge in [0.2, 0.25) is 11.0 Å². The molecule has 0 unspecified atom stereocenters. The molecule has 4 aromatic carbocycles. The van der Waals surface area contributed by atoms with E-state index in [0.717, 1.165) is 71.4 Å². The summed E-state index contributed by atoms with van der Waals surface area (Å²) in [6, 6.07) is 29.1. The van der Waals surface area contributed by atoms with Gasteiger partial charge in [0.05, 0.1) is 75.9 Å². The van der Waals surface area contributed by atoms with E-state index < -0.39 is 0 Å². The van der Waals surface area contributed by atoms with Crippen molar-refractivity contribution in [2.24, 2.45) is 0 Å². The predicted molar refractivity (Wildman–Crippen MR) is 232 cm³/mol. The second kappa shape index (κ2) is 21.0. The number of aromatic nitrogens is 2. The van der Waals surface area contributed by atoms with Crippen molar-refractivity contribution in [1.29, 1.82) is 0 Å². The molecule has 0 saturated heterocycles. The molecule has 306 valence electrons. The predicted octanol–water partition coefficient (Wildman–Crippen LogP) is 9.66. The fourth-order valence-electron chi connectivity index (χ4n) is 7.77. The molecule has 0 atom stereocenters. The minimum absolute atomic E-state index is 0.560. The Bertz CT molecular complexity index is 2050. The van der Waals surface area contributed by atoms with Gasteiger partial charge in [0, 0.05) is 74.5 Å². The molecule has 10 heteroatoms. The minimum Gasteiger partial charge on any atom is -0.496 e. The maximum Gasteiger partial charge on any atom is 0.214 e. The average Bonchev–Trinajstić information content (AvgIpc) is 3.27. The van der Waals surface area contributed by atoms with Crippen LogP contribution in [0.15, 0.2) is 97.3 Å². The van der Waals surface area contributed by atoms with Crippen LogP contribution >= 0.6 is 0 Å². The number of hydrogen-bond acceptors (Lipinski definition) is 8. The summed E-state index contributed by atoms with van der Waals surface area (Å²) in [5.41, 5.74) is 6.51. The van der Waals surface area contributed by atoms with Crippen LogP contribution in [0.4, 0.5) is 11.4 Å². The first-order chi connectivity index (χ1) is 28.5. The van der Waals surface area contributed by atoms with Crippen LogP contribution in [-0.2, 0) is 26.2 Å². The van der Waals surface area contributed by atoms with Gasteiger partial charge in [0.25, 0.3) is 0 Å². The molecule has 6 aromatic rings. The molecular weight excluding hydrogens is 729 g/mol. The maximum atomic E-state index is 5.67. The molecule has 0 aliphatic rings. The molecule has 6 rings (SSSR count). The van der Waals surface area contributed by atoms with E-state index in [1.807, 2.05) is 24.3 Å². The van der Waals surface area contributed by atoms with Crippen LogP contribution in [0.3, 0.4) is 0 Å². The molecule has 2 heterocycles. The van der Waals surface area contributed by atoms with Crippen molar-refractivity contribution < 1.29 is 37.6 Å². The maximum absolute atomic E-state index is 5.67. The summed E-state index contributed by atoms with van der Waals surface area (Å²) in [6.07, 6.45) is 14.3. The monoisotopic (exact) mass is 788 g/mol. The van der Waals surface area contributed by atoms with Crippen LogP contribution in [0.1, 0.15) is 62.5 Å². The third-order valence-corrected chi connectivity index (χ3v) is 10.9. The van der Waals surface area contributed by atoms with E-state index in [1.54, 1.807) is 42.7 Å². The number of nitrogens with one attached hydrogen (secondary N) is 2. The number of para-hydroxylation sites is 2. The second-order valence-corrected chi connectivity index (χ2v) is 14.4. The Kier molecular flexibility index (Phi) is 15.1. The van der Waals surface area contributed by atoms with Gasteiger partial charge in [0.1, 0.15) is 47.6 Å². The SMILES string of the molecule is COc1cc(OC)c(CNc2cc[n+](CCCCCCCCCC[n+]3ccc(NCc4c(OC)cc(OC)cc4OC)c4ccccc43)c3ccccc23)c(OC)c1. The van der Waals surface area contributed by atoms with E-state index in [-0.39, 0.29) is 0 Å². The number of hydrogen-bond donors (Lipinski definition) is 2. The van der Waals surface area contributed by atoms with Gasteiger partial charge in [-0.1, -0.05) is 49.9 Å². The lowest BCUT2D eigenvalue weighted by atomic mass is 10.1. The van der Waals surface area contributed by atoms with Crippen molar-refractivity contribution in [1.82, 2.24) is 0 Å². The summed E-state index contributed by atoms with van der Waals surface area (Å²) in [7, 11) is 9.97. The van der Waals surface area contributed by atoms with E-state index >= 15 is 0 Å². The molecule has 2 aromatic heterocycles. The van der Waals surface area contributed by atoms with E-state index in [1.165, 1.54) is 60.3 Å². The number of pyridine rings is 2. The van der Waals surface area contributed by atoms with Crippen molar-refractivity contribution >= 4 is 33.2 Å². The van der Waals surface area contributed by atoms with Gasteiger partial charge in [-0.15, -0.1) is 0 Å². The van der Waals surface area contributed by atoms with Crippen LogP contribution in [0.25, 0.3) is 21.8 Å². The summed E-state index contributed by atoms with van der Waals surface area (Å²) in [4.78, 5) is 0. The van der Waals surface area contributed by atoms with Gasteiger partial charge >= 0.3 is 0 Å². The molecule has 0 amide bonds. The molecule has 0 aliphatic carbocycles. The van der Waals surface area contributed by atoms with Gasteiger partial charge in [0.15, 0.2) is 12.4 Å². The van der Waals surface area contributed by atoms with Gasteiger partial charge in [-0.3, -0.25) is 0 Å². The first-order valence-corrected chi connectivity index (χ1v) is 20.4. The highest BCUT2D eigenvalue weighted by molar-refractivity contribution is 5.89. The molecule has 58 heavy (non-hydrogen) atoms. The summed E-state index contributed by atoms with van der Waals surface area (Å²) in [6.45, 7) is 3.13. The number of nitrogens with zero attached hydrogens (tertiary/aromatic N) is 2. The lowest BCUT2D eigenvalue weighted by Gasteiger charge is -2.16. The average molecular weight is 789 g/mol. The highest BCUT2D eigenvalue weighted by Gasteiger charge is 2.18. The fraction of sp³-hybridized carbons (Fsp3) is 0.375. The van der Waals surface area contributed by atoms with Crippen LogP contribution in [0.2, 0.25) is 0 Å². The van der Waals surface area contributed by atoms with E-state index in [9.17, 15) is 0 Å². The number of rotatable bonds is 23. The van der Waals surface area contributed by atoms with Gasteiger partial charge in [-0.05, 0) is 25.0 Å². The summed E-state index contributed by atoms with van der Waals surface area (Å²) >= 11 is 0. The van der Waals surface area contributed by atoms with Gasteiger partial charge < -0.3 is 39.1 Å². The molecule has 10 nitrogen and oxygen atoms in total. The largest absolute Gasteiger partial charge is 0.496 e. The third-order valence-electron chi connectivity index (χ3n) is 10.9. The number of unbranched alkanes of at least 4 members (excludes halogenated alkanes) is 7. The quantitative estimate of drug-likeness (QED) is 0.0491. The Morgan fingerprint density at radius 2 is 0.759 bits per heavy atom. The van der Waals surface area contributed by atoms with Crippen LogP contribution < -0.4 is 48.2 Å². The van der Waals surface area contributed by atoms with Crippen LogP contribution in [0.5, 0.6) is 34.5 Å². The van der Waals surface area contributed by atoms with Crippen molar-refractivity contribution in [3.8, 4) is 34.5 Å². The second-order valence-electron chi connectivity index (χ2n) is 14.4. The van der Waals surface area contributed by atoms with Gasteiger partial charge in [-0.2, -0.15) is 9.13 Å². The number of ether oxygens (including phenoxy) is 6. The Morgan fingerprint density at radius 3 is 1.10 bits per heavy atom. The first kappa shape index (κ1) is 41.7. The molecule has 0 fully saturated rings. The summed E-state index contributed by atoms with van der Waals surface area (Å²) < 4.78 is 38.3. The topological polar surface area (TPSA) is 87.2 Å². The fourth-order valence-corrected chi connectivity index (χ4v) is 7.77. The van der Waals surface area contributed by atoms with Crippen molar-refractivity contribution in [3.05, 3.63) is 108 Å².